The number of rotatable bonds is 1. The molecule has 0 saturated carbocycles. The first-order valence-electron chi connectivity index (χ1n) is 2.81. The van der Waals surface area contributed by atoms with Gasteiger partial charge in [0, 0.05) is 0 Å². The predicted octanol–water partition coefficient (Wildman–Crippen LogP) is 1.26. The normalized spacial score (nSPS) is 7.25. The van der Waals surface area contributed by atoms with Crippen molar-refractivity contribution in [1.29, 1.82) is 0 Å². The van der Waals surface area contributed by atoms with Crippen molar-refractivity contribution < 1.29 is 30.4 Å². The van der Waals surface area contributed by atoms with Crippen LogP contribution in [0.4, 0.5) is 0 Å². The zero-order valence-corrected chi connectivity index (χ0v) is 8.36. The number of hydrogen-bond donors (Lipinski definition) is 1. The third-order valence-electron chi connectivity index (χ3n) is 1.09. The van der Waals surface area contributed by atoms with Gasteiger partial charge in [-0.15, -0.1) is 0 Å². The molecule has 1 aromatic carbocycles. The first-order chi connectivity index (χ1) is 5.34. The number of methoxy groups -OCH3 is 1. The molecule has 5 heteroatoms. The molecule has 0 aliphatic heterocycles. The summed E-state index contributed by atoms with van der Waals surface area (Å²) in [4.78, 5) is 0. The van der Waals surface area contributed by atoms with E-state index in [1.165, 1.54) is 7.11 Å². The molecule has 0 aliphatic carbocycles. The molecule has 0 heterocycles. The van der Waals surface area contributed by atoms with Crippen molar-refractivity contribution >= 4 is 10.1 Å². The Morgan fingerprint density at radius 1 is 1.33 bits per heavy atom. The Labute approximate surface area is 83.7 Å². The molecule has 0 saturated heterocycles. The molecular formula is C7H10ClMnO3. The summed E-state index contributed by atoms with van der Waals surface area (Å²) in [5, 5.41) is 8.99. The van der Waals surface area contributed by atoms with Gasteiger partial charge in [0.1, 0.15) is 0 Å². The summed E-state index contributed by atoms with van der Waals surface area (Å²) < 4.78 is 4.79. The van der Waals surface area contributed by atoms with Gasteiger partial charge in [-0.25, -0.2) is 0 Å². The van der Waals surface area contributed by atoms with Crippen molar-refractivity contribution in [3.63, 3.8) is 0 Å². The number of phenols is 1. The Bertz CT molecular complexity index is 208. The molecule has 1 rings (SSSR count). The van der Waals surface area contributed by atoms with Gasteiger partial charge in [-0.3, -0.25) is 0 Å². The van der Waals surface area contributed by atoms with Gasteiger partial charge in [0.15, 0.2) is 11.5 Å². The Balaban J connectivity index is 0. The first kappa shape index (κ1) is 14.1. The molecule has 1 aromatic rings. The molecule has 70 valence electrons. The monoisotopic (exact) mass is 232 g/mol. The SMILES string of the molecule is COc1ccccc1O.O.[Cl][Mn]. The summed E-state index contributed by atoms with van der Waals surface area (Å²) in [6.07, 6.45) is 0. The molecule has 0 unspecified atom stereocenters. The number of benzene rings is 1. The van der Waals surface area contributed by atoms with E-state index in [9.17, 15) is 0 Å². The maximum absolute atomic E-state index is 8.99. The molecule has 0 radical (unpaired) electrons. The van der Waals surface area contributed by atoms with Gasteiger partial charge >= 0.3 is 25.2 Å². The summed E-state index contributed by atoms with van der Waals surface area (Å²) in [5.74, 6) is 0.692. The average molecular weight is 233 g/mol. The molecule has 0 aliphatic rings. The zero-order valence-electron chi connectivity index (χ0n) is 6.42. The summed E-state index contributed by atoms with van der Waals surface area (Å²) in [7, 11) is 5.97. The molecular weight excluding hydrogens is 222 g/mol. The Morgan fingerprint density at radius 2 is 1.83 bits per heavy atom. The molecule has 12 heavy (non-hydrogen) atoms. The van der Waals surface area contributed by atoms with Crippen molar-refractivity contribution in [2.24, 2.45) is 0 Å². The predicted molar refractivity (Wildman–Crippen MR) is 44.1 cm³/mol. The van der Waals surface area contributed by atoms with E-state index in [2.05, 4.69) is 25.2 Å². The number of hydrogen-bond acceptors (Lipinski definition) is 2. The van der Waals surface area contributed by atoms with E-state index in [0.717, 1.165) is 0 Å². The van der Waals surface area contributed by atoms with Gasteiger partial charge in [0.05, 0.1) is 7.11 Å². The zero-order chi connectivity index (χ0) is 8.69. The molecule has 3 nitrogen and oxygen atoms in total. The van der Waals surface area contributed by atoms with Gasteiger partial charge in [-0.1, -0.05) is 12.1 Å². The van der Waals surface area contributed by atoms with Crippen LogP contribution in [0.25, 0.3) is 0 Å². The van der Waals surface area contributed by atoms with E-state index in [1.807, 2.05) is 0 Å². The standard InChI is InChI=1S/C7H8O2.ClH.Mn.H2O/c1-9-7-5-3-2-4-6(7)8;;;/h2-5,8H,1H3;1H;;1H2/q;;+1;/p-1. The van der Waals surface area contributed by atoms with E-state index < -0.39 is 0 Å². The fourth-order valence-corrected chi connectivity index (χ4v) is 0.630. The van der Waals surface area contributed by atoms with Crippen LogP contribution in [0.15, 0.2) is 24.3 Å². The van der Waals surface area contributed by atoms with Crippen LogP contribution in [0.2, 0.25) is 0 Å². The average Bonchev–Trinajstić information content (AvgIpc) is 2.09. The van der Waals surface area contributed by atoms with Crippen LogP contribution in [0.5, 0.6) is 11.5 Å². The number of phenolic OH excluding ortho intramolecular Hbond substituents is 1. The quantitative estimate of drug-likeness (QED) is 0.741. The van der Waals surface area contributed by atoms with Crippen molar-refractivity contribution in [1.82, 2.24) is 0 Å². The van der Waals surface area contributed by atoms with E-state index >= 15 is 0 Å². The van der Waals surface area contributed by atoms with Gasteiger partial charge < -0.3 is 15.3 Å². The second-order valence-electron chi connectivity index (χ2n) is 1.67. The summed E-state index contributed by atoms with van der Waals surface area (Å²) >= 11 is 2.41. The van der Waals surface area contributed by atoms with Crippen LogP contribution in [-0.4, -0.2) is 17.7 Å². The summed E-state index contributed by atoms with van der Waals surface area (Å²) in [5.41, 5.74) is 0. The van der Waals surface area contributed by atoms with Crippen LogP contribution < -0.4 is 4.74 Å². The minimum absolute atomic E-state index is 0. The van der Waals surface area contributed by atoms with E-state index in [4.69, 9.17) is 9.84 Å². The number of aromatic hydroxyl groups is 1. The third kappa shape index (κ3) is 4.46. The van der Waals surface area contributed by atoms with Crippen molar-refractivity contribution in [3.05, 3.63) is 24.3 Å². The molecule has 0 aromatic heterocycles. The van der Waals surface area contributed by atoms with E-state index in [1.54, 1.807) is 24.3 Å². The molecule has 0 spiro atoms. The van der Waals surface area contributed by atoms with E-state index in [0.29, 0.717) is 5.75 Å². The fraction of sp³-hybridized carbons (Fsp3) is 0.143. The molecule has 0 fully saturated rings. The first-order valence-corrected chi connectivity index (χ1v) is 4.43. The Morgan fingerprint density at radius 3 is 2.17 bits per heavy atom. The van der Waals surface area contributed by atoms with Gasteiger partial charge in [0.25, 0.3) is 0 Å². The topological polar surface area (TPSA) is 61.0 Å². The van der Waals surface area contributed by atoms with Gasteiger partial charge in [0.2, 0.25) is 0 Å². The molecule has 0 atom stereocenters. The van der Waals surface area contributed by atoms with Crippen LogP contribution >= 0.6 is 10.1 Å². The van der Waals surface area contributed by atoms with Crippen LogP contribution in [0.1, 0.15) is 0 Å². The summed E-state index contributed by atoms with van der Waals surface area (Å²) in [6, 6.07) is 6.84. The number of para-hydroxylation sites is 2. The second-order valence-corrected chi connectivity index (χ2v) is 1.67. The summed E-state index contributed by atoms with van der Waals surface area (Å²) in [6.45, 7) is 0. The fourth-order valence-electron chi connectivity index (χ4n) is 0.630. The second kappa shape index (κ2) is 8.68. The molecule has 3 N–H and O–H groups in total. The number of halogens is 1. The molecule has 0 amide bonds. The molecule has 0 bridgehead atoms. The van der Waals surface area contributed by atoms with Crippen LogP contribution in [-0.2, 0) is 15.1 Å². The van der Waals surface area contributed by atoms with E-state index in [-0.39, 0.29) is 11.2 Å². The number of ether oxygens (including phenoxy) is 1. The van der Waals surface area contributed by atoms with Crippen molar-refractivity contribution in [3.8, 4) is 11.5 Å². The Hall–Kier alpha value is -0.411. The van der Waals surface area contributed by atoms with Crippen LogP contribution in [0, 0.1) is 0 Å². The minimum atomic E-state index is 0. The van der Waals surface area contributed by atoms with Gasteiger partial charge in [-0.05, 0) is 12.1 Å². The van der Waals surface area contributed by atoms with Crippen molar-refractivity contribution in [2.45, 2.75) is 0 Å². The maximum atomic E-state index is 8.99. The Kier molecular flexibility index (Phi) is 10.2. The van der Waals surface area contributed by atoms with Crippen molar-refractivity contribution in [2.75, 3.05) is 7.11 Å². The van der Waals surface area contributed by atoms with Gasteiger partial charge in [-0.2, -0.15) is 0 Å². The third-order valence-corrected chi connectivity index (χ3v) is 1.09. The van der Waals surface area contributed by atoms with Crippen LogP contribution in [0.3, 0.4) is 0 Å².